The molecular weight excluding hydrogens is 428 g/mol. The molecule has 3 aromatic rings. The second-order valence-electron chi connectivity index (χ2n) is 7.33. The first kappa shape index (κ1) is 23.1. The van der Waals surface area contributed by atoms with Gasteiger partial charge in [0.05, 0.1) is 12.0 Å². The summed E-state index contributed by atoms with van der Waals surface area (Å²) in [5.74, 6) is 0.606. The summed E-state index contributed by atoms with van der Waals surface area (Å²) in [5, 5.41) is 2.72. The highest BCUT2D eigenvalue weighted by molar-refractivity contribution is 7.92. The van der Waals surface area contributed by atoms with E-state index in [1.165, 1.54) is 31.4 Å². The second kappa shape index (κ2) is 9.74. The highest BCUT2D eigenvalue weighted by Gasteiger charge is 2.18. The van der Waals surface area contributed by atoms with Crippen LogP contribution < -0.4 is 19.5 Å². The highest BCUT2D eigenvalue weighted by atomic mass is 32.2. The molecule has 0 aliphatic heterocycles. The van der Waals surface area contributed by atoms with Crippen molar-refractivity contribution in [3.8, 4) is 11.5 Å². The summed E-state index contributed by atoms with van der Waals surface area (Å²) < 4.78 is 38.8. The SMILES string of the molecule is COc1ccccc1OC(C)C(=O)Nc1ccc(S(=O)(=O)Nc2ccc(C)c(C)c2)cc1. The number of anilines is 2. The van der Waals surface area contributed by atoms with E-state index in [0.29, 0.717) is 22.9 Å². The quantitative estimate of drug-likeness (QED) is 0.522. The first-order chi connectivity index (χ1) is 15.2. The van der Waals surface area contributed by atoms with Gasteiger partial charge in [-0.3, -0.25) is 9.52 Å². The summed E-state index contributed by atoms with van der Waals surface area (Å²) in [7, 11) is -2.23. The zero-order valence-corrected chi connectivity index (χ0v) is 19.2. The van der Waals surface area contributed by atoms with E-state index in [1.54, 1.807) is 43.3 Å². The Balaban J connectivity index is 1.65. The number of aryl methyl sites for hydroxylation is 2. The van der Waals surface area contributed by atoms with Crippen LogP contribution in [0.4, 0.5) is 11.4 Å². The molecule has 0 aromatic heterocycles. The largest absolute Gasteiger partial charge is 0.493 e. The molecule has 0 aliphatic carbocycles. The lowest BCUT2D eigenvalue weighted by molar-refractivity contribution is -0.122. The summed E-state index contributed by atoms with van der Waals surface area (Å²) in [6, 6.07) is 18.3. The van der Waals surface area contributed by atoms with Crippen LogP contribution >= 0.6 is 0 Å². The van der Waals surface area contributed by atoms with Crippen molar-refractivity contribution in [3.63, 3.8) is 0 Å². The number of methoxy groups -OCH3 is 1. The third-order valence-electron chi connectivity index (χ3n) is 4.93. The molecule has 7 nitrogen and oxygen atoms in total. The number of carbonyl (C=O) groups is 1. The molecule has 2 N–H and O–H groups in total. The fourth-order valence-electron chi connectivity index (χ4n) is 2.94. The van der Waals surface area contributed by atoms with Crippen LogP contribution in [0.15, 0.2) is 71.6 Å². The number of benzene rings is 3. The molecule has 8 heteroatoms. The van der Waals surface area contributed by atoms with Crippen LogP contribution in [-0.4, -0.2) is 27.5 Å². The Hall–Kier alpha value is -3.52. The van der Waals surface area contributed by atoms with Crippen molar-refractivity contribution in [2.45, 2.75) is 31.8 Å². The Bertz CT molecular complexity index is 1210. The van der Waals surface area contributed by atoms with Gasteiger partial charge in [-0.25, -0.2) is 8.42 Å². The molecule has 0 fully saturated rings. The van der Waals surface area contributed by atoms with Gasteiger partial charge in [-0.15, -0.1) is 0 Å². The maximum Gasteiger partial charge on any atom is 0.265 e. The van der Waals surface area contributed by atoms with E-state index in [1.807, 2.05) is 19.9 Å². The van der Waals surface area contributed by atoms with Crippen LogP contribution in [0.3, 0.4) is 0 Å². The lowest BCUT2D eigenvalue weighted by atomic mass is 10.1. The van der Waals surface area contributed by atoms with E-state index in [4.69, 9.17) is 9.47 Å². The maximum atomic E-state index is 12.7. The first-order valence-corrected chi connectivity index (χ1v) is 11.5. The molecule has 0 aliphatic rings. The predicted molar refractivity (Wildman–Crippen MR) is 125 cm³/mol. The average Bonchev–Trinajstić information content (AvgIpc) is 2.77. The van der Waals surface area contributed by atoms with Crippen molar-refractivity contribution in [2.75, 3.05) is 17.1 Å². The van der Waals surface area contributed by atoms with E-state index < -0.39 is 16.1 Å². The molecule has 3 rings (SSSR count). The van der Waals surface area contributed by atoms with Crippen molar-refractivity contribution >= 4 is 27.3 Å². The molecule has 1 amide bonds. The zero-order valence-electron chi connectivity index (χ0n) is 18.4. The third-order valence-corrected chi connectivity index (χ3v) is 6.33. The number of hydrogen-bond donors (Lipinski definition) is 2. The monoisotopic (exact) mass is 454 g/mol. The molecule has 32 heavy (non-hydrogen) atoms. The number of rotatable bonds is 8. The zero-order chi connectivity index (χ0) is 23.3. The lowest BCUT2D eigenvalue weighted by Gasteiger charge is -2.16. The van der Waals surface area contributed by atoms with Crippen molar-refractivity contribution in [2.24, 2.45) is 0 Å². The average molecular weight is 455 g/mol. The van der Waals surface area contributed by atoms with Crippen LogP contribution in [-0.2, 0) is 14.8 Å². The van der Waals surface area contributed by atoms with Gasteiger partial charge in [0.2, 0.25) is 0 Å². The smallest absolute Gasteiger partial charge is 0.265 e. The lowest BCUT2D eigenvalue weighted by Crippen LogP contribution is -2.30. The van der Waals surface area contributed by atoms with Gasteiger partial charge in [-0.2, -0.15) is 0 Å². The van der Waals surface area contributed by atoms with Gasteiger partial charge in [0, 0.05) is 11.4 Å². The molecule has 0 spiro atoms. The molecule has 1 atom stereocenters. The van der Waals surface area contributed by atoms with Crippen molar-refractivity contribution in [3.05, 3.63) is 77.9 Å². The van der Waals surface area contributed by atoms with Crippen LogP contribution in [0.5, 0.6) is 11.5 Å². The van der Waals surface area contributed by atoms with Gasteiger partial charge in [0.25, 0.3) is 15.9 Å². The number of hydrogen-bond acceptors (Lipinski definition) is 5. The Labute approximate surface area is 188 Å². The Kier molecular flexibility index (Phi) is 7.05. The molecule has 3 aromatic carbocycles. The van der Waals surface area contributed by atoms with Crippen molar-refractivity contribution < 1.29 is 22.7 Å². The van der Waals surface area contributed by atoms with Crippen LogP contribution in [0.25, 0.3) is 0 Å². The first-order valence-electron chi connectivity index (χ1n) is 10.0. The van der Waals surface area contributed by atoms with Gasteiger partial charge in [0.15, 0.2) is 17.6 Å². The molecule has 0 heterocycles. The number of carbonyl (C=O) groups excluding carboxylic acids is 1. The fraction of sp³-hybridized carbons (Fsp3) is 0.208. The Morgan fingerprint density at radius 1 is 0.875 bits per heavy atom. The Morgan fingerprint density at radius 3 is 2.12 bits per heavy atom. The maximum absolute atomic E-state index is 12.7. The molecule has 0 saturated carbocycles. The molecule has 0 bridgehead atoms. The number of para-hydroxylation sites is 2. The van der Waals surface area contributed by atoms with Crippen LogP contribution in [0.1, 0.15) is 18.1 Å². The normalized spacial score (nSPS) is 12.0. The summed E-state index contributed by atoms with van der Waals surface area (Å²) in [5.41, 5.74) is 3.02. The van der Waals surface area contributed by atoms with Crippen molar-refractivity contribution in [1.82, 2.24) is 0 Å². The van der Waals surface area contributed by atoms with E-state index >= 15 is 0 Å². The van der Waals surface area contributed by atoms with E-state index in [0.717, 1.165) is 11.1 Å². The third kappa shape index (κ3) is 5.59. The summed E-state index contributed by atoms with van der Waals surface area (Å²) in [6.45, 7) is 5.50. The second-order valence-corrected chi connectivity index (χ2v) is 9.01. The van der Waals surface area contributed by atoms with E-state index in [2.05, 4.69) is 10.0 Å². The standard InChI is InChI=1S/C24H26N2O5S/c1-16-9-10-20(15-17(16)2)26-32(28,29)21-13-11-19(12-14-21)25-24(27)18(3)31-23-8-6-5-7-22(23)30-4/h5-15,18,26H,1-4H3,(H,25,27). The number of sulfonamides is 1. The highest BCUT2D eigenvalue weighted by Crippen LogP contribution is 2.27. The summed E-state index contributed by atoms with van der Waals surface area (Å²) in [4.78, 5) is 12.6. The topological polar surface area (TPSA) is 93.7 Å². The summed E-state index contributed by atoms with van der Waals surface area (Å²) >= 11 is 0. The van der Waals surface area contributed by atoms with E-state index in [-0.39, 0.29) is 10.8 Å². The molecular formula is C24H26N2O5S. The van der Waals surface area contributed by atoms with Crippen LogP contribution in [0, 0.1) is 13.8 Å². The minimum absolute atomic E-state index is 0.0899. The van der Waals surface area contributed by atoms with Gasteiger partial charge < -0.3 is 14.8 Å². The minimum atomic E-state index is -3.75. The minimum Gasteiger partial charge on any atom is -0.493 e. The van der Waals surface area contributed by atoms with Gasteiger partial charge in [0.1, 0.15) is 0 Å². The van der Waals surface area contributed by atoms with Crippen LogP contribution in [0.2, 0.25) is 0 Å². The number of nitrogens with one attached hydrogen (secondary N) is 2. The summed E-state index contributed by atoms with van der Waals surface area (Å²) in [6.07, 6.45) is -0.791. The van der Waals surface area contributed by atoms with Gasteiger partial charge >= 0.3 is 0 Å². The molecule has 1 unspecified atom stereocenters. The van der Waals surface area contributed by atoms with Gasteiger partial charge in [-0.05, 0) is 80.4 Å². The van der Waals surface area contributed by atoms with Crippen molar-refractivity contribution in [1.29, 1.82) is 0 Å². The molecule has 168 valence electrons. The molecule has 0 radical (unpaired) electrons. The Morgan fingerprint density at radius 2 is 1.50 bits per heavy atom. The van der Waals surface area contributed by atoms with E-state index in [9.17, 15) is 13.2 Å². The predicted octanol–water partition coefficient (Wildman–Crippen LogP) is 4.52. The fourth-order valence-corrected chi connectivity index (χ4v) is 3.99. The van der Waals surface area contributed by atoms with Gasteiger partial charge in [-0.1, -0.05) is 18.2 Å². The number of ether oxygens (including phenoxy) is 2. The molecule has 0 saturated heterocycles. The number of amides is 1.